The number of nitrogens with zero attached hydrogens (tertiary/aromatic N) is 1. The summed E-state index contributed by atoms with van der Waals surface area (Å²) in [5.74, 6) is -3.16. The van der Waals surface area contributed by atoms with Gasteiger partial charge in [-0.3, -0.25) is 15.1 Å². The first-order valence-corrected chi connectivity index (χ1v) is 10.6. The largest absolute Gasteiger partial charge is 0.491 e. The molecule has 3 N–H and O–H groups in total. The van der Waals surface area contributed by atoms with E-state index in [1.807, 2.05) is 0 Å². The predicted octanol–water partition coefficient (Wildman–Crippen LogP) is 5.05. The zero-order valence-electron chi connectivity index (χ0n) is 19.0. The fourth-order valence-corrected chi connectivity index (χ4v) is 3.77. The van der Waals surface area contributed by atoms with Crippen LogP contribution in [0.1, 0.15) is 41.8 Å². The van der Waals surface area contributed by atoms with E-state index >= 15 is 0 Å². The zero-order valence-corrected chi connectivity index (χ0v) is 19.0. The summed E-state index contributed by atoms with van der Waals surface area (Å²) in [6, 6.07) is 12.1. The SMILES string of the molecule is COc1c(F)cc(C(CCc2ccc(C(F)(F)F)nc2)NC(C)(C(N)=O)c2ccccc2)cc1F. The number of aryl methyl sites for hydroxylation is 1. The molecule has 0 saturated carbocycles. The van der Waals surface area contributed by atoms with Crippen molar-refractivity contribution in [1.82, 2.24) is 10.3 Å². The normalized spacial score (nSPS) is 14.3. The van der Waals surface area contributed by atoms with Gasteiger partial charge in [0.1, 0.15) is 11.2 Å². The number of methoxy groups -OCH3 is 1. The molecule has 186 valence electrons. The average molecular weight is 493 g/mol. The summed E-state index contributed by atoms with van der Waals surface area (Å²) in [6.07, 6.45) is -3.12. The number of primary amides is 1. The zero-order chi connectivity index (χ0) is 25.8. The summed E-state index contributed by atoms with van der Waals surface area (Å²) in [7, 11) is 1.13. The molecule has 0 aliphatic carbocycles. The Morgan fingerprint density at radius 1 is 1.09 bits per heavy atom. The third-order valence-corrected chi connectivity index (χ3v) is 5.77. The number of benzene rings is 2. The van der Waals surface area contributed by atoms with Crippen LogP contribution in [0.15, 0.2) is 60.8 Å². The molecule has 0 bridgehead atoms. The molecule has 35 heavy (non-hydrogen) atoms. The molecule has 3 aromatic rings. The summed E-state index contributed by atoms with van der Waals surface area (Å²) in [6.45, 7) is 1.55. The maximum Gasteiger partial charge on any atom is 0.433 e. The van der Waals surface area contributed by atoms with Crippen molar-refractivity contribution < 1.29 is 31.5 Å². The number of ether oxygens (including phenoxy) is 1. The number of halogens is 5. The van der Waals surface area contributed by atoms with Crippen molar-refractivity contribution in [3.05, 3.63) is 94.8 Å². The molecule has 0 fully saturated rings. The van der Waals surface area contributed by atoms with E-state index < -0.39 is 46.7 Å². The summed E-state index contributed by atoms with van der Waals surface area (Å²) < 4.78 is 72.2. The number of nitrogens with two attached hydrogens (primary N) is 1. The van der Waals surface area contributed by atoms with Gasteiger partial charge >= 0.3 is 6.18 Å². The van der Waals surface area contributed by atoms with Gasteiger partial charge in [-0.15, -0.1) is 0 Å². The number of aromatic nitrogens is 1. The van der Waals surface area contributed by atoms with Gasteiger partial charge in [0, 0.05) is 12.2 Å². The van der Waals surface area contributed by atoms with E-state index in [-0.39, 0.29) is 18.4 Å². The van der Waals surface area contributed by atoms with Crippen LogP contribution in [0.5, 0.6) is 5.75 Å². The number of hydrogen-bond acceptors (Lipinski definition) is 4. The van der Waals surface area contributed by atoms with E-state index in [1.165, 1.54) is 6.07 Å². The van der Waals surface area contributed by atoms with E-state index in [0.717, 1.165) is 31.5 Å². The number of rotatable bonds is 9. The van der Waals surface area contributed by atoms with E-state index in [4.69, 9.17) is 10.5 Å². The predicted molar refractivity (Wildman–Crippen MR) is 119 cm³/mol. The molecule has 2 unspecified atom stereocenters. The molecule has 0 aliphatic rings. The first-order chi connectivity index (χ1) is 16.5. The van der Waals surface area contributed by atoms with Gasteiger partial charge in [0.25, 0.3) is 0 Å². The van der Waals surface area contributed by atoms with Crippen LogP contribution < -0.4 is 15.8 Å². The molecule has 1 amide bonds. The maximum absolute atomic E-state index is 14.5. The van der Waals surface area contributed by atoms with Crippen LogP contribution in [-0.2, 0) is 22.9 Å². The Bertz CT molecular complexity index is 1150. The second kappa shape index (κ2) is 10.4. The molecular formula is C25H24F5N3O2. The summed E-state index contributed by atoms with van der Waals surface area (Å²) >= 11 is 0. The van der Waals surface area contributed by atoms with Crippen LogP contribution in [0.2, 0.25) is 0 Å². The van der Waals surface area contributed by atoms with Gasteiger partial charge < -0.3 is 10.5 Å². The van der Waals surface area contributed by atoms with Crippen LogP contribution in [0.4, 0.5) is 22.0 Å². The lowest BCUT2D eigenvalue weighted by atomic mass is 9.88. The molecule has 0 saturated heterocycles. The highest BCUT2D eigenvalue weighted by molar-refractivity contribution is 5.85. The van der Waals surface area contributed by atoms with Crippen LogP contribution in [0.25, 0.3) is 0 Å². The van der Waals surface area contributed by atoms with Crippen molar-refractivity contribution >= 4 is 5.91 Å². The van der Waals surface area contributed by atoms with Crippen LogP contribution >= 0.6 is 0 Å². The third kappa shape index (κ3) is 5.94. The van der Waals surface area contributed by atoms with E-state index in [1.54, 1.807) is 37.3 Å². The monoisotopic (exact) mass is 493 g/mol. The fourth-order valence-electron chi connectivity index (χ4n) is 3.77. The van der Waals surface area contributed by atoms with Crippen LogP contribution in [-0.4, -0.2) is 18.0 Å². The maximum atomic E-state index is 14.5. The minimum Gasteiger partial charge on any atom is -0.491 e. The number of alkyl halides is 3. The Kier molecular flexibility index (Phi) is 7.74. The first kappa shape index (κ1) is 26.1. The molecule has 2 atom stereocenters. The number of pyridine rings is 1. The quantitative estimate of drug-likeness (QED) is 0.409. The number of carbonyl (C=O) groups is 1. The second-order valence-corrected chi connectivity index (χ2v) is 8.16. The van der Waals surface area contributed by atoms with Gasteiger partial charge in [0.15, 0.2) is 17.4 Å². The highest BCUT2D eigenvalue weighted by Gasteiger charge is 2.36. The Morgan fingerprint density at radius 3 is 2.20 bits per heavy atom. The summed E-state index contributed by atoms with van der Waals surface area (Å²) in [4.78, 5) is 15.9. The number of nitrogens with one attached hydrogen (secondary N) is 1. The summed E-state index contributed by atoms with van der Waals surface area (Å²) in [5.41, 5.74) is 4.44. The lowest BCUT2D eigenvalue weighted by molar-refractivity contribution is -0.141. The minimum atomic E-state index is -4.57. The number of hydrogen-bond donors (Lipinski definition) is 2. The highest BCUT2D eigenvalue weighted by atomic mass is 19.4. The molecule has 5 nitrogen and oxygen atoms in total. The molecule has 1 heterocycles. The van der Waals surface area contributed by atoms with Gasteiger partial charge in [-0.1, -0.05) is 36.4 Å². The molecule has 0 aliphatic heterocycles. The molecule has 10 heteroatoms. The van der Waals surface area contributed by atoms with E-state index in [0.29, 0.717) is 11.1 Å². The molecule has 3 rings (SSSR count). The van der Waals surface area contributed by atoms with Crippen LogP contribution in [0, 0.1) is 11.6 Å². The van der Waals surface area contributed by atoms with Crippen molar-refractivity contribution in [1.29, 1.82) is 0 Å². The van der Waals surface area contributed by atoms with Crippen molar-refractivity contribution in [2.75, 3.05) is 7.11 Å². The van der Waals surface area contributed by atoms with Crippen molar-refractivity contribution in [2.24, 2.45) is 5.73 Å². The standard InChI is InChI=1S/C25H24F5N3O2/c1-24(23(31)34,17-6-4-3-5-7-17)33-20(16-12-18(26)22(35-2)19(27)13-16)10-8-15-9-11-21(32-14-15)25(28,29)30/h3-7,9,11-14,20,33H,8,10H2,1-2H3,(H2,31,34). The van der Waals surface area contributed by atoms with E-state index in [9.17, 15) is 26.7 Å². The van der Waals surface area contributed by atoms with Gasteiger partial charge in [-0.25, -0.2) is 8.78 Å². The van der Waals surface area contributed by atoms with Crippen molar-refractivity contribution in [3.8, 4) is 5.75 Å². The molecule has 1 aromatic heterocycles. The van der Waals surface area contributed by atoms with Gasteiger partial charge in [-0.05, 0) is 54.7 Å². The van der Waals surface area contributed by atoms with Gasteiger partial charge in [0.2, 0.25) is 5.91 Å². The fraction of sp³-hybridized carbons (Fsp3) is 0.280. The third-order valence-electron chi connectivity index (χ3n) is 5.77. The van der Waals surface area contributed by atoms with Crippen molar-refractivity contribution in [2.45, 2.75) is 37.5 Å². The first-order valence-electron chi connectivity index (χ1n) is 10.6. The Morgan fingerprint density at radius 2 is 1.71 bits per heavy atom. The second-order valence-electron chi connectivity index (χ2n) is 8.16. The number of carbonyl (C=O) groups excluding carboxylic acids is 1. The van der Waals surface area contributed by atoms with Gasteiger partial charge in [-0.2, -0.15) is 13.2 Å². The molecule has 0 radical (unpaired) electrons. The van der Waals surface area contributed by atoms with Crippen molar-refractivity contribution in [3.63, 3.8) is 0 Å². The Hall–Kier alpha value is -3.53. The lowest BCUT2D eigenvalue weighted by Crippen LogP contribution is -2.51. The molecular weight excluding hydrogens is 469 g/mol. The Labute approximate surface area is 199 Å². The topological polar surface area (TPSA) is 77.2 Å². The van der Waals surface area contributed by atoms with Gasteiger partial charge in [0.05, 0.1) is 7.11 Å². The van der Waals surface area contributed by atoms with E-state index in [2.05, 4.69) is 10.3 Å². The van der Waals surface area contributed by atoms with Crippen LogP contribution in [0.3, 0.4) is 0 Å². The average Bonchev–Trinajstić information content (AvgIpc) is 2.81. The summed E-state index contributed by atoms with van der Waals surface area (Å²) in [5, 5.41) is 3.11. The molecule has 2 aromatic carbocycles. The smallest absolute Gasteiger partial charge is 0.433 e. The number of amides is 1. The minimum absolute atomic E-state index is 0.161. The molecule has 0 spiro atoms. The lowest BCUT2D eigenvalue weighted by Gasteiger charge is -2.33. The Balaban J connectivity index is 1.97. The highest BCUT2D eigenvalue weighted by Crippen LogP contribution is 2.32.